The van der Waals surface area contributed by atoms with Crippen LogP contribution in [0.5, 0.6) is 0 Å². The minimum Gasteiger partial charge on any atom is -0.391 e. The van der Waals surface area contributed by atoms with Gasteiger partial charge in [0.15, 0.2) is 0 Å². The SMILES string of the molecule is CN1CCC(C(O)CNC2CC2)C1. The molecule has 1 heterocycles. The Labute approximate surface area is 80.1 Å². The highest BCUT2D eigenvalue weighted by molar-refractivity contribution is 4.85. The molecule has 0 spiro atoms. The maximum Gasteiger partial charge on any atom is 0.0705 e. The lowest BCUT2D eigenvalue weighted by atomic mass is 10.0. The topological polar surface area (TPSA) is 35.5 Å². The fourth-order valence-corrected chi connectivity index (χ4v) is 2.02. The molecule has 0 aromatic heterocycles. The summed E-state index contributed by atoms with van der Waals surface area (Å²) >= 11 is 0. The second kappa shape index (κ2) is 3.95. The van der Waals surface area contributed by atoms with Crippen LogP contribution in [0.4, 0.5) is 0 Å². The van der Waals surface area contributed by atoms with E-state index in [1.807, 2.05) is 0 Å². The minimum absolute atomic E-state index is 0.134. The Morgan fingerprint density at radius 3 is 2.77 bits per heavy atom. The summed E-state index contributed by atoms with van der Waals surface area (Å²) in [5.41, 5.74) is 0. The highest BCUT2D eigenvalue weighted by atomic mass is 16.3. The number of aliphatic hydroxyl groups excluding tert-OH is 1. The first kappa shape index (κ1) is 9.44. The van der Waals surface area contributed by atoms with Gasteiger partial charge in [0.25, 0.3) is 0 Å². The van der Waals surface area contributed by atoms with E-state index in [1.54, 1.807) is 0 Å². The fraction of sp³-hybridized carbons (Fsp3) is 1.00. The van der Waals surface area contributed by atoms with Crippen LogP contribution < -0.4 is 5.32 Å². The second-order valence-electron chi connectivity index (χ2n) is 4.56. The molecule has 2 aliphatic rings. The van der Waals surface area contributed by atoms with Crippen LogP contribution in [0.1, 0.15) is 19.3 Å². The average Bonchev–Trinajstić information content (AvgIpc) is 2.84. The van der Waals surface area contributed by atoms with E-state index in [0.717, 1.165) is 26.1 Å². The minimum atomic E-state index is -0.134. The zero-order chi connectivity index (χ0) is 9.26. The van der Waals surface area contributed by atoms with Gasteiger partial charge in [-0.15, -0.1) is 0 Å². The average molecular weight is 184 g/mol. The van der Waals surface area contributed by atoms with Gasteiger partial charge in [0.1, 0.15) is 0 Å². The van der Waals surface area contributed by atoms with Crippen LogP contribution in [0.2, 0.25) is 0 Å². The van der Waals surface area contributed by atoms with E-state index in [-0.39, 0.29) is 6.10 Å². The maximum absolute atomic E-state index is 9.85. The molecule has 13 heavy (non-hydrogen) atoms. The highest BCUT2D eigenvalue weighted by Gasteiger charge is 2.28. The van der Waals surface area contributed by atoms with E-state index in [2.05, 4.69) is 17.3 Å². The van der Waals surface area contributed by atoms with Crippen molar-refractivity contribution in [2.75, 3.05) is 26.7 Å². The molecule has 0 bridgehead atoms. The molecule has 1 saturated heterocycles. The normalized spacial score (nSPS) is 32.3. The Morgan fingerprint density at radius 2 is 2.23 bits per heavy atom. The third-order valence-corrected chi connectivity index (χ3v) is 3.16. The van der Waals surface area contributed by atoms with Crippen LogP contribution in [0.3, 0.4) is 0 Å². The number of nitrogens with one attached hydrogen (secondary N) is 1. The molecule has 2 atom stereocenters. The Balaban J connectivity index is 1.66. The zero-order valence-electron chi connectivity index (χ0n) is 8.37. The monoisotopic (exact) mass is 184 g/mol. The van der Waals surface area contributed by atoms with E-state index in [0.29, 0.717) is 12.0 Å². The van der Waals surface area contributed by atoms with Crippen molar-refractivity contribution in [3.8, 4) is 0 Å². The van der Waals surface area contributed by atoms with E-state index < -0.39 is 0 Å². The number of hydrogen-bond donors (Lipinski definition) is 2. The number of nitrogens with zero attached hydrogens (tertiary/aromatic N) is 1. The van der Waals surface area contributed by atoms with Crippen LogP contribution >= 0.6 is 0 Å². The zero-order valence-corrected chi connectivity index (χ0v) is 8.37. The Bertz CT molecular complexity index is 170. The molecule has 1 aliphatic heterocycles. The molecule has 2 unspecified atom stereocenters. The quantitative estimate of drug-likeness (QED) is 0.648. The van der Waals surface area contributed by atoms with Gasteiger partial charge < -0.3 is 15.3 Å². The summed E-state index contributed by atoms with van der Waals surface area (Å²) in [7, 11) is 2.13. The van der Waals surface area contributed by atoms with Gasteiger partial charge in [0, 0.05) is 19.1 Å². The predicted octanol–water partition coefficient (Wildman–Crippen LogP) is 0.0510. The molecule has 76 valence electrons. The molecule has 3 nitrogen and oxygen atoms in total. The lowest BCUT2D eigenvalue weighted by Crippen LogP contribution is -2.35. The summed E-state index contributed by atoms with van der Waals surface area (Å²) in [6.07, 6.45) is 3.63. The third-order valence-electron chi connectivity index (χ3n) is 3.16. The Kier molecular flexibility index (Phi) is 2.86. The fourth-order valence-electron chi connectivity index (χ4n) is 2.02. The van der Waals surface area contributed by atoms with Crippen molar-refractivity contribution < 1.29 is 5.11 Å². The van der Waals surface area contributed by atoms with Crippen molar-refractivity contribution >= 4 is 0 Å². The van der Waals surface area contributed by atoms with Gasteiger partial charge in [-0.3, -0.25) is 0 Å². The Hall–Kier alpha value is -0.120. The predicted molar refractivity (Wildman–Crippen MR) is 52.6 cm³/mol. The van der Waals surface area contributed by atoms with E-state index in [4.69, 9.17) is 0 Å². The van der Waals surface area contributed by atoms with Crippen LogP contribution in [0, 0.1) is 5.92 Å². The molecule has 2 fully saturated rings. The van der Waals surface area contributed by atoms with E-state index in [9.17, 15) is 5.11 Å². The van der Waals surface area contributed by atoms with Crippen LogP contribution in [0.25, 0.3) is 0 Å². The lowest BCUT2D eigenvalue weighted by molar-refractivity contribution is 0.110. The van der Waals surface area contributed by atoms with Gasteiger partial charge in [0.05, 0.1) is 6.10 Å². The first-order valence-electron chi connectivity index (χ1n) is 5.35. The molecule has 1 aliphatic carbocycles. The van der Waals surface area contributed by atoms with Crippen LogP contribution in [0.15, 0.2) is 0 Å². The second-order valence-corrected chi connectivity index (χ2v) is 4.56. The van der Waals surface area contributed by atoms with Gasteiger partial charge in [-0.2, -0.15) is 0 Å². The largest absolute Gasteiger partial charge is 0.391 e. The van der Waals surface area contributed by atoms with Crippen molar-refractivity contribution in [1.29, 1.82) is 0 Å². The molecule has 0 aromatic rings. The first-order valence-corrected chi connectivity index (χ1v) is 5.35. The molecule has 0 radical (unpaired) electrons. The summed E-state index contributed by atoms with van der Waals surface area (Å²) in [5.74, 6) is 0.497. The number of rotatable bonds is 4. The molecule has 0 amide bonds. The molecular weight excluding hydrogens is 164 g/mol. The maximum atomic E-state index is 9.85. The van der Waals surface area contributed by atoms with Gasteiger partial charge in [-0.25, -0.2) is 0 Å². The van der Waals surface area contributed by atoms with Crippen molar-refractivity contribution in [3.05, 3.63) is 0 Å². The molecule has 1 saturated carbocycles. The molecule has 3 heteroatoms. The van der Waals surface area contributed by atoms with Gasteiger partial charge in [-0.05, 0) is 38.8 Å². The molecule has 0 aromatic carbocycles. The molecule has 2 N–H and O–H groups in total. The van der Waals surface area contributed by atoms with Crippen molar-refractivity contribution in [3.63, 3.8) is 0 Å². The molecule has 2 rings (SSSR count). The summed E-state index contributed by atoms with van der Waals surface area (Å²) in [6.45, 7) is 3.00. The van der Waals surface area contributed by atoms with Crippen molar-refractivity contribution in [2.45, 2.75) is 31.4 Å². The third kappa shape index (κ3) is 2.66. The van der Waals surface area contributed by atoms with Crippen LogP contribution in [-0.4, -0.2) is 48.8 Å². The smallest absolute Gasteiger partial charge is 0.0705 e. The first-order chi connectivity index (χ1) is 6.25. The lowest BCUT2D eigenvalue weighted by Gasteiger charge is -2.18. The van der Waals surface area contributed by atoms with Crippen molar-refractivity contribution in [2.24, 2.45) is 5.92 Å². The molecular formula is C10H20N2O. The van der Waals surface area contributed by atoms with Crippen molar-refractivity contribution in [1.82, 2.24) is 10.2 Å². The Morgan fingerprint density at radius 1 is 1.46 bits per heavy atom. The summed E-state index contributed by atoms with van der Waals surface area (Å²) in [6, 6.07) is 0.716. The van der Waals surface area contributed by atoms with E-state index >= 15 is 0 Å². The summed E-state index contributed by atoms with van der Waals surface area (Å²) in [5, 5.41) is 13.2. The number of aliphatic hydroxyl groups is 1. The van der Waals surface area contributed by atoms with Gasteiger partial charge in [0.2, 0.25) is 0 Å². The van der Waals surface area contributed by atoms with Gasteiger partial charge in [-0.1, -0.05) is 0 Å². The summed E-state index contributed by atoms with van der Waals surface area (Å²) in [4.78, 5) is 2.30. The van der Waals surface area contributed by atoms with E-state index in [1.165, 1.54) is 12.8 Å². The number of hydrogen-bond acceptors (Lipinski definition) is 3. The number of likely N-dealkylation sites (tertiary alicyclic amines) is 1. The highest BCUT2D eigenvalue weighted by Crippen LogP contribution is 2.21. The summed E-state index contributed by atoms with van der Waals surface area (Å²) < 4.78 is 0. The standard InChI is InChI=1S/C10H20N2O/c1-12-5-4-8(7-12)10(13)6-11-9-2-3-9/h8-11,13H,2-7H2,1H3. The van der Waals surface area contributed by atoms with Crippen LogP contribution in [-0.2, 0) is 0 Å². The van der Waals surface area contributed by atoms with Gasteiger partial charge >= 0.3 is 0 Å².